The Bertz CT molecular complexity index is 624. The van der Waals surface area contributed by atoms with Crippen molar-refractivity contribution in [3.63, 3.8) is 0 Å². The highest BCUT2D eigenvalue weighted by Crippen LogP contribution is 2.28. The van der Waals surface area contributed by atoms with Crippen molar-refractivity contribution >= 4 is 23.5 Å². The normalized spacial score (nSPS) is 10.9. The van der Waals surface area contributed by atoms with Crippen LogP contribution in [0.5, 0.6) is 11.5 Å². The summed E-state index contributed by atoms with van der Waals surface area (Å²) < 4.78 is 5.12. The number of phenolic OH excluding ortho intramolecular Hbond substituents is 1. The molecule has 2 aromatic carbocycles. The summed E-state index contributed by atoms with van der Waals surface area (Å²) in [5.74, 6) is 0.778. The standard InChI is InChI=1S/C15H14ClNO2/c1-10-6-11(15(18)14(16)7-10)9-17-12-4-3-5-13(8-12)19-2/h3-9,18H,1-2H3/b17-9+. The number of benzene rings is 2. The largest absolute Gasteiger partial charge is 0.506 e. The molecular weight excluding hydrogens is 262 g/mol. The van der Waals surface area contributed by atoms with Crippen molar-refractivity contribution in [2.24, 2.45) is 4.99 Å². The van der Waals surface area contributed by atoms with Crippen LogP contribution >= 0.6 is 11.6 Å². The van der Waals surface area contributed by atoms with Crippen LogP contribution in [0.1, 0.15) is 11.1 Å². The zero-order valence-electron chi connectivity index (χ0n) is 10.7. The molecule has 4 heteroatoms. The van der Waals surface area contributed by atoms with E-state index in [2.05, 4.69) is 4.99 Å². The Hall–Kier alpha value is -2.00. The van der Waals surface area contributed by atoms with Crippen LogP contribution in [0.3, 0.4) is 0 Å². The smallest absolute Gasteiger partial charge is 0.142 e. The molecule has 2 aromatic rings. The predicted molar refractivity (Wildman–Crippen MR) is 78.1 cm³/mol. The number of halogens is 1. The molecule has 0 aliphatic carbocycles. The van der Waals surface area contributed by atoms with Crippen LogP contribution in [0.2, 0.25) is 5.02 Å². The maximum atomic E-state index is 9.85. The first kappa shape index (κ1) is 13.4. The van der Waals surface area contributed by atoms with Gasteiger partial charge in [-0.3, -0.25) is 4.99 Å². The van der Waals surface area contributed by atoms with Crippen molar-refractivity contribution in [2.45, 2.75) is 6.92 Å². The fraction of sp³-hybridized carbons (Fsp3) is 0.133. The molecule has 1 N–H and O–H groups in total. The molecule has 2 rings (SSSR count). The highest BCUT2D eigenvalue weighted by Gasteiger charge is 2.04. The van der Waals surface area contributed by atoms with Crippen LogP contribution in [0.25, 0.3) is 0 Å². The van der Waals surface area contributed by atoms with E-state index in [4.69, 9.17) is 16.3 Å². The number of rotatable bonds is 3. The number of methoxy groups -OCH3 is 1. The van der Waals surface area contributed by atoms with Gasteiger partial charge in [0.2, 0.25) is 0 Å². The molecule has 0 aliphatic rings. The SMILES string of the molecule is COc1cccc(/N=C/c2cc(C)cc(Cl)c2O)c1. The van der Waals surface area contributed by atoms with Crippen LogP contribution in [0, 0.1) is 6.92 Å². The van der Waals surface area contributed by atoms with E-state index in [1.165, 1.54) is 0 Å². The Kier molecular flexibility index (Phi) is 4.07. The van der Waals surface area contributed by atoms with Gasteiger partial charge in [0.1, 0.15) is 11.5 Å². The van der Waals surface area contributed by atoms with Crippen molar-refractivity contribution in [2.75, 3.05) is 7.11 Å². The molecule has 0 heterocycles. The molecule has 0 saturated carbocycles. The molecule has 0 fully saturated rings. The van der Waals surface area contributed by atoms with Crippen LogP contribution in [-0.4, -0.2) is 18.4 Å². The summed E-state index contributed by atoms with van der Waals surface area (Å²) in [6.07, 6.45) is 1.59. The first-order chi connectivity index (χ1) is 9.10. The zero-order valence-corrected chi connectivity index (χ0v) is 11.5. The van der Waals surface area contributed by atoms with Crippen LogP contribution in [-0.2, 0) is 0 Å². The van der Waals surface area contributed by atoms with Crippen LogP contribution < -0.4 is 4.74 Å². The van der Waals surface area contributed by atoms with Gasteiger partial charge in [0.25, 0.3) is 0 Å². The lowest BCUT2D eigenvalue weighted by molar-refractivity contribution is 0.415. The Morgan fingerprint density at radius 1 is 1.26 bits per heavy atom. The maximum absolute atomic E-state index is 9.85. The Labute approximate surface area is 117 Å². The van der Waals surface area contributed by atoms with E-state index in [1.54, 1.807) is 19.4 Å². The molecule has 98 valence electrons. The second kappa shape index (κ2) is 5.76. The van der Waals surface area contributed by atoms with E-state index in [-0.39, 0.29) is 5.75 Å². The van der Waals surface area contributed by atoms with Crippen molar-refractivity contribution in [3.8, 4) is 11.5 Å². The summed E-state index contributed by atoms with van der Waals surface area (Å²) in [7, 11) is 1.61. The topological polar surface area (TPSA) is 41.8 Å². The summed E-state index contributed by atoms with van der Waals surface area (Å²) in [5, 5.41) is 10.2. The van der Waals surface area contributed by atoms with Gasteiger partial charge in [-0.15, -0.1) is 0 Å². The second-order valence-electron chi connectivity index (χ2n) is 4.14. The minimum atomic E-state index is 0.0407. The van der Waals surface area contributed by atoms with Gasteiger partial charge < -0.3 is 9.84 Å². The zero-order chi connectivity index (χ0) is 13.8. The molecule has 0 aliphatic heterocycles. The van der Waals surface area contributed by atoms with Gasteiger partial charge in [-0.05, 0) is 36.8 Å². The average Bonchev–Trinajstić information content (AvgIpc) is 2.41. The van der Waals surface area contributed by atoms with Crippen molar-refractivity contribution in [1.82, 2.24) is 0 Å². The fourth-order valence-corrected chi connectivity index (χ4v) is 1.98. The summed E-state index contributed by atoms with van der Waals surface area (Å²) in [6.45, 7) is 1.91. The van der Waals surface area contributed by atoms with E-state index >= 15 is 0 Å². The number of aryl methyl sites for hydroxylation is 1. The fourth-order valence-electron chi connectivity index (χ4n) is 1.69. The van der Waals surface area contributed by atoms with E-state index in [9.17, 15) is 5.11 Å². The number of ether oxygens (including phenoxy) is 1. The molecule has 0 spiro atoms. The molecule has 19 heavy (non-hydrogen) atoms. The first-order valence-electron chi connectivity index (χ1n) is 5.77. The van der Waals surface area contributed by atoms with Gasteiger partial charge in [-0.1, -0.05) is 17.7 Å². The van der Waals surface area contributed by atoms with Crippen molar-refractivity contribution in [1.29, 1.82) is 0 Å². The van der Waals surface area contributed by atoms with Gasteiger partial charge in [0.15, 0.2) is 0 Å². The number of hydrogen-bond donors (Lipinski definition) is 1. The number of phenols is 1. The summed E-state index contributed by atoms with van der Waals surface area (Å²) in [5.41, 5.74) is 2.30. The lowest BCUT2D eigenvalue weighted by Crippen LogP contribution is -1.86. The highest BCUT2D eigenvalue weighted by molar-refractivity contribution is 6.32. The Morgan fingerprint density at radius 3 is 2.79 bits per heavy atom. The molecule has 0 amide bonds. The van der Waals surface area contributed by atoms with Crippen molar-refractivity contribution < 1.29 is 9.84 Å². The minimum Gasteiger partial charge on any atom is -0.506 e. The summed E-state index contributed by atoms with van der Waals surface area (Å²) >= 11 is 5.92. The summed E-state index contributed by atoms with van der Waals surface area (Å²) in [4.78, 5) is 4.30. The van der Waals surface area contributed by atoms with Gasteiger partial charge in [0.05, 0.1) is 17.8 Å². The van der Waals surface area contributed by atoms with E-state index in [0.29, 0.717) is 10.6 Å². The van der Waals surface area contributed by atoms with Gasteiger partial charge in [-0.2, -0.15) is 0 Å². The van der Waals surface area contributed by atoms with Gasteiger partial charge >= 0.3 is 0 Å². The number of aromatic hydroxyl groups is 1. The second-order valence-corrected chi connectivity index (χ2v) is 4.55. The molecule has 3 nitrogen and oxygen atoms in total. The van der Waals surface area contributed by atoms with Crippen molar-refractivity contribution in [3.05, 3.63) is 52.5 Å². The van der Waals surface area contributed by atoms with Crippen LogP contribution in [0.15, 0.2) is 41.4 Å². The number of hydrogen-bond acceptors (Lipinski definition) is 3. The molecule has 0 saturated heterocycles. The number of nitrogens with zero attached hydrogens (tertiary/aromatic N) is 1. The maximum Gasteiger partial charge on any atom is 0.142 e. The predicted octanol–water partition coefficient (Wildman–Crippen LogP) is 4.11. The third-order valence-corrected chi connectivity index (χ3v) is 2.93. The monoisotopic (exact) mass is 275 g/mol. The first-order valence-corrected chi connectivity index (χ1v) is 6.15. The highest BCUT2D eigenvalue weighted by atomic mass is 35.5. The van der Waals surface area contributed by atoms with E-state index in [1.807, 2.05) is 37.3 Å². The molecule has 0 radical (unpaired) electrons. The van der Waals surface area contributed by atoms with Gasteiger partial charge in [0, 0.05) is 17.8 Å². The van der Waals surface area contributed by atoms with Gasteiger partial charge in [-0.25, -0.2) is 0 Å². The lowest BCUT2D eigenvalue weighted by atomic mass is 10.1. The third kappa shape index (κ3) is 3.26. The molecule has 0 atom stereocenters. The molecule has 0 aromatic heterocycles. The minimum absolute atomic E-state index is 0.0407. The molecular formula is C15H14ClNO2. The average molecular weight is 276 g/mol. The molecule has 0 unspecified atom stereocenters. The third-order valence-electron chi connectivity index (χ3n) is 2.64. The Balaban J connectivity index is 2.32. The number of aliphatic imine (C=N–C) groups is 1. The van der Waals surface area contributed by atoms with E-state index < -0.39 is 0 Å². The Morgan fingerprint density at radius 2 is 2.05 bits per heavy atom. The lowest BCUT2D eigenvalue weighted by Gasteiger charge is -2.03. The van der Waals surface area contributed by atoms with Crippen LogP contribution in [0.4, 0.5) is 5.69 Å². The quantitative estimate of drug-likeness (QED) is 0.857. The summed E-state index contributed by atoms with van der Waals surface area (Å²) in [6, 6.07) is 10.9. The van der Waals surface area contributed by atoms with E-state index in [0.717, 1.165) is 17.0 Å². The molecule has 0 bridgehead atoms.